The Morgan fingerprint density at radius 2 is 2.14 bits per heavy atom. The quantitative estimate of drug-likeness (QED) is 0.615. The van der Waals surface area contributed by atoms with Crippen LogP contribution in [-0.4, -0.2) is 32.2 Å². The maximum Gasteiger partial charge on any atom is 0.261 e. The van der Waals surface area contributed by atoms with Crippen molar-refractivity contribution < 1.29 is 13.5 Å². The molecule has 0 spiro atoms. The Morgan fingerprint density at radius 3 is 2.64 bits per heavy atom. The van der Waals surface area contributed by atoms with E-state index in [0.29, 0.717) is 19.2 Å². The normalized spacial score (nSPS) is 18.9. The van der Waals surface area contributed by atoms with Crippen molar-refractivity contribution in [2.75, 3.05) is 19.8 Å². The van der Waals surface area contributed by atoms with Crippen molar-refractivity contribution in [2.24, 2.45) is 5.92 Å². The van der Waals surface area contributed by atoms with E-state index in [-0.39, 0.29) is 0 Å². The van der Waals surface area contributed by atoms with Crippen LogP contribution in [0.3, 0.4) is 0 Å². The number of hydrogen-bond acceptors (Lipinski definition) is 2. The molecule has 0 aromatic heterocycles. The van der Waals surface area contributed by atoms with Crippen LogP contribution in [0.2, 0.25) is 0 Å². The van der Waals surface area contributed by atoms with Gasteiger partial charge < -0.3 is 10.1 Å². The molecule has 0 heterocycles. The highest BCUT2D eigenvalue weighted by Crippen LogP contribution is 2.33. The van der Waals surface area contributed by atoms with E-state index in [1.165, 1.54) is 12.8 Å². The number of rotatable bonds is 8. The molecule has 0 saturated heterocycles. The number of ether oxygens (including phenoxy) is 1. The Morgan fingerprint density at radius 1 is 1.43 bits per heavy atom. The monoisotopic (exact) mass is 207 g/mol. The van der Waals surface area contributed by atoms with Crippen molar-refractivity contribution in [2.45, 2.75) is 38.7 Å². The van der Waals surface area contributed by atoms with Gasteiger partial charge in [0.2, 0.25) is 0 Å². The molecule has 0 bridgehead atoms. The zero-order valence-electron chi connectivity index (χ0n) is 8.64. The van der Waals surface area contributed by atoms with Crippen molar-refractivity contribution in [1.29, 1.82) is 0 Å². The van der Waals surface area contributed by atoms with Crippen molar-refractivity contribution in [3.05, 3.63) is 0 Å². The van der Waals surface area contributed by atoms with E-state index in [1.54, 1.807) is 0 Å². The lowest BCUT2D eigenvalue weighted by atomic mass is 10.1. The Hall–Kier alpha value is -0.220. The van der Waals surface area contributed by atoms with Gasteiger partial charge in [0, 0.05) is 12.6 Å². The third-order valence-electron chi connectivity index (χ3n) is 2.53. The third-order valence-corrected chi connectivity index (χ3v) is 2.53. The Labute approximate surface area is 84.0 Å². The van der Waals surface area contributed by atoms with E-state index in [1.807, 2.05) is 0 Å². The van der Waals surface area contributed by atoms with Crippen LogP contribution in [0.1, 0.15) is 26.2 Å². The molecular formula is C10H19F2NO. The van der Waals surface area contributed by atoms with E-state index < -0.39 is 13.0 Å². The lowest BCUT2D eigenvalue weighted by Crippen LogP contribution is -2.33. The van der Waals surface area contributed by atoms with Gasteiger partial charge in [0.1, 0.15) is 6.61 Å². The van der Waals surface area contributed by atoms with E-state index >= 15 is 0 Å². The predicted molar refractivity (Wildman–Crippen MR) is 51.6 cm³/mol. The Bertz CT molecular complexity index is 151. The molecule has 1 fully saturated rings. The van der Waals surface area contributed by atoms with E-state index in [9.17, 15) is 8.78 Å². The zero-order chi connectivity index (χ0) is 10.4. The van der Waals surface area contributed by atoms with Gasteiger partial charge in [-0.2, -0.15) is 0 Å². The number of alkyl halides is 2. The second kappa shape index (κ2) is 6.30. The second-order valence-corrected chi connectivity index (χ2v) is 3.77. The fourth-order valence-corrected chi connectivity index (χ4v) is 1.63. The van der Waals surface area contributed by atoms with Crippen LogP contribution in [-0.2, 0) is 4.74 Å². The summed E-state index contributed by atoms with van der Waals surface area (Å²) in [4.78, 5) is 0. The average molecular weight is 207 g/mol. The lowest BCUT2D eigenvalue weighted by molar-refractivity contribution is 0.0180. The highest BCUT2D eigenvalue weighted by Gasteiger charge is 2.29. The molecule has 1 aliphatic rings. The third kappa shape index (κ3) is 4.86. The summed E-state index contributed by atoms with van der Waals surface area (Å²) in [7, 11) is 0. The van der Waals surface area contributed by atoms with Gasteiger partial charge in [0.15, 0.2) is 0 Å². The van der Waals surface area contributed by atoms with Gasteiger partial charge in [-0.3, -0.25) is 0 Å². The molecular weight excluding hydrogens is 188 g/mol. The molecule has 2 nitrogen and oxygen atoms in total. The molecule has 1 atom stereocenters. The van der Waals surface area contributed by atoms with Crippen LogP contribution < -0.4 is 5.32 Å². The minimum Gasteiger partial charge on any atom is -0.374 e. The van der Waals surface area contributed by atoms with Gasteiger partial charge in [0.25, 0.3) is 6.43 Å². The summed E-state index contributed by atoms with van der Waals surface area (Å²) in [5.74, 6) is 0.815. The molecule has 4 heteroatoms. The second-order valence-electron chi connectivity index (χ2n) is 3.77. The maximum atomic E-state index is 11.7. The first-order valence-corrected chi connectivity index (χ1v) is 5.33. The number of hydrogen-bond donors (Lipinski definition) is 1. The standard InChI is InChI=1S/C10H19F2NO/c1-2-9(8-3-4-8)13-5-6-14-7-10(11)12/h8-10,13H,2-7H2,1H3. The van der Waals surface area contributed by atoms with E-state index in [4.69, 9.17) is 4.74 Å². The van der Waals surface area contributed by atoms with Crippen molar-refractivity contribution in [3.8, 4) is 0 Å². The SMILES string of the molecule is CCC(NCCOCC(F)F)C1CC1. The molecule has 0 amide bonds. The highest BCUT2D eigenvalue weighted by atomic mass is 19.3. The van der Waals surface area contributed by atoms with Crippen LogP contribution in [0, 0.1) is 5.92 Å². The van der Waals surface area contributed by atoms with Crippen LogP contribution in [0.5, 0.6) is 0 Å². The van der Waals surface area contributed by atoms with Gasteiger partial charge in [-0.1, -0.05) is 6.92 Å². The fourth-order valence-electron chi connectivity index (χ4n) is 1.63. The first-order valence-electron chi connectivity index (χ1n) is 5.33. The van der Waals surface area contributed by atoms with Crippen LogP contribution in [0.25, 0.3) is 0 Å². The topological polar surface area (TPSA) is 21.3 Å². The molecule has 0 radical (unpaired) electrons. The predicted octanol–water partition coefficient (Wildman–Crippen LogP) is 2.05. The van der Waals surface area contributed by atoms with Gasteiger partial charge >= 0.3 is 0 Å². The molecule has 1 N–H and O–H groups in total. The smallest absolute Gasteiger partial charge is 0.261 e. The molecule has 0 aliphatic heterocycles. The summed E-state index contributed by atoms with van der Waals surface area (Å²) in [6.45, 7) is 2.77. The lowest BCUT2D eigenvalue weighted by Gasteiger charge is -2.15. The van der Waals surface area contributed by atoms with Gasteiger partial charge in [-0.05, 0) is 25.2 Å². The minimum absolute atomic E-state index is 0.383. The molecule has 1 rings (SSSR count). The Balaban J connectivity index is 1.91. The van der Waals surface area contributed by atoms with Crippen molar-refractivity contribution in [3.63, 3.8) is 0 Å². The summed E-state index contributed by atoms with van der Waals surface area (Å²) in [6, 6.07) is 0.560. The van der Waals surface area contributed by atoms with Crippen LogP contribution >= 0.6 is 0 Å². The Kier molecular flexibility index (Phi) is 5.33. The highest BCUT2D eigenvalue weighted by molar-refractivity contribution is 4.85. The maximum absolute atomic E-state index is 11.7. The molecule has 1 unspecified atom stereocenters. The zero-order valence-corrected chi connectivity index (χ0v) is 8.64. The van der Waals surface area contributed by atoms with Crippen LogP contribution in [0.15, 0.2) is 0 Å². The average Bonchev–Trinajstić information content (AvgIpc) is 2.94. The summed E-state index contributed by atoms with van der Waals surface area (Å²) >= 11 is 0. The molecule has 0 aromatic carbocycles. The number of nitrogens with one attached hydrogen (secondary N) is 1. The molecule has 14 heavy (non-hydrogen) atoms. The van der Waals surface area contributed by atoms with Crippen molar-refractivity contribution >= 4 is 0 Å². The first kappa shape index (κ1) is 11.9. The molecule has 0 aromatic rings. The largest absolute Gasteiger partial charge is 0.374 e. The summed E-state index contributed by atoms with van der Waals surface area (Å²) in [5.41, 5.74) is 0. The van der Waals surface area contributed by atoms with Gasteiger partial charge in [-0.25, -0.2) is 8.78 Å². The summed E-state index contributed by atoms with van der Waals surface area (Å²) in [6.07, 6.45) is 1.38. The van der Waals surface area contributed by atoms with E-state index in [2.05, 4.69) is 12.2 Å². The fraction of sp³-hybridized carbons (Fsp3) is 1.00. The van der Waals surface area contributed by atoms with Gasteiger partial charge in [-0.15, -0.1) is 0 Å². The summed E-state index contributed by atoms with van der Waals surface area (Å²) in [5, 5.41) is 3.34. The van der Waals surface area contributed by atoms with Crippen LogP contribution in [0.4, 0.5) is 8.78 Å². The van der Waals surface area contributed by atoms with Gasteiger partial charge in [0.05, 0.1) is 6.61 Å². The number of halogens is 2. The molecule has 84 valence electrons. The summed E-state index contributed by atoms with van der Waals surface area (Å²) < 4.78 is 28.1. The van der Waals surface area contributed by atoms with Crippen molar-refractivity contribution in [1.82, 2.24) is 5.32 Å². The molecule has 1 aliphatic carbocycles. The minimum atomic E-state index is -2.35. The van der Waals surface area contributed by atoms with E-state index in [0.717, 1.165) is 12.3 Å². The molecule has 1 saturated carbocycles. The first-order chi connectivity index (χ1) is 6.74.